The van der Waals surface area contributed by atoms with Gasteiger partial charge in [-0.15, -0.1) is 0 Å². The predicted octanol–water partition coefficient (Wildman–Crippen LogP) is 3.29. The summed E-state index contributed by atoms with van der Waals surface area (Å²) < 4.78 is 10.6. The molecular weight excluding hydrogens is 435 g/mol. The van der Waals surface area contributed by atoms with E-state index >= 15 is 0 Å². The first-order chi connectivity index (χ1) is 11.9. The Morgan fingerprint density at radius 3 is 2.76 bits per heavy atom. The number of carbonyl (C=O) groups is 3. The standard InChI is InChI=1S/C17H13BrCl2O5/c18-14-8-4-9-13(17(23)25-15(9)14)12(8)16(22)24-5-11(21)7-2-1-6(19)3-10(7)20/h1-3,8-9,12-15H,4-5H2/t8-,9+,12-,13-,14+,15-/m0/s1. The van der Waals surface area contributed by atoms with E-state index in [1.165, 1.54) is 12.1 Å². The van der Waals surface area contributed by atoms with E-state index in [1.807, 2.05) is 0 Å². The molecular formula is C17H13BrCl2O5. The molecule has 0 aromatic heterocycles. The van der Waals surface area contributed by atoms with Gasteiger partial charge in [-0.2, -0.15) is 0 Å². The van der Waals surface area contributed by atoms with E-state index in [9.17, 15) is 14.4 Å². The molecule has 4 rings (SSSR count). The van der Waals surface area contributed by atoms with Crippen LogP contribution in [-0.2, 0) is 19.1 Å². The Bertz CT molecular complexity index is 782. The minimum atomic E-state index is -0.561. The van der Waals surface area contributed by atoms with Crippen molar-refractivity contribution in [3.63, 3.8) is 0 Å². The van der Waals surface area contributed by atoms with Crippen molar-refractivity contribution in [2.45, 2.75) is 17.4 Å². The lowest BCUT2D eigenvalue weighted by Crippen LogP contribution is -2.39. The Kier molecular flexibility index (Phi) is 4.33. The van der Waals surface area contributed by atoms with Crippen LogP contribution in [0.15, 0.2) is 18.2 Å². The van der Waals surface area contributed by atoms with E-state index in [1.54, 1.807) is 6.07 Å². The first-order valence-electron chi connectivity index (χ1n) is 7.88. The molecule has 0 N–H and O–H groups in total. The molecule has 1 aromatic rings. The average Bonchev–Trinajstić information content (AvgIpc) is 3.16. The highest BCUT2D eigenvalue weighted by molar-refractivity contribution is 9.09. The number of alkyl halides is 1. The van der Waals surface area contributed by atoms with Gasteiger partial charge in [0.15, 0.2) is 6.61 Å². The Labute approximate surface area is 162 Å². The SMILES string of the molecule is O=C(COC(=O)[C@H]1[C@@H]2C[C@H]3[C@H](OC(=O)[C@@H]31)[C@@H]2Br)c1ccc(Cl)cc1Cl. The number of Topliss-reactive ketones (excluding diaryl/α,β-unsaturated/α-hetero) is 1. The fourth-order valence-electron chi connectivity index (χ4n) is 4.32. The van der Waals surface area contributed by atoms with Crippen molar-refractivity contribution >= 4 is 56.9 Å². The average molecular weight is 448 g/mol. The molecule has 0 radical (unpaired) electrons. The molecule has 6 atom stereocenters. The molecule has 132 valence electrons. The highest BCUT2D eigenvalue weighted by Gasteiger charge is 2.68. The molecule has 25 heavy (non-hydrogen) atoms. The van der Waals surface area contributed by atoms with Crippen LogP contribution in [0.5, 0.6) is 0 Å². The molecule has 2 saturated carbocycles. The summed E-state index contributed by atoms with van der Waals surface area (Å²) in [5.41, 5.74) is 0.241. The fourth-order valence-corrected chi connectivity index (χ4v) is 5.88. The number of ether oxygens (including phenoxy) is 2. The topological polar surface area (TPSA) is 69.7 Å². The van der Waals surface area contributed by atoms with E-state index in [-0.39, 0.29) is 39.3 Å². The maximum Gasteiger partial charge on any atom is 0.310 e. The quantitative estimate of drug-likeness (QED) is 0.402. The number of ketones is 1. The van der Waals surface area contributed by atoms with Gasteiger partial charge in [0, 0.05) is 16.5 Å². The molecule has 1 aliphatic heterocycles. The molecule has 5 nitrogen and oxygen atoms in total. The molecule has 2 bridgehead atoms. The molecule has 1 saturated heterocycles. The van der Waals surface area contributed by atoms with Crippen LogP contribution in [0.1, 0.15) is 16.8 Å². The molecule has 1 aromatic carbocycles. The van der Waals surface area contributed by atoms with E-state index in [0.717, 1.165) is 6.42 Å². The van der Waals surface area contributed by atoms with Crippen LogP contribution in [0.25, 0.3) is 0 Å². The number of hydrogen-bond acceptors (Lipinski definition) is 5. The summed E-state index contributed by atoms with van der Waals surface area (Å²) in [7, 11) is 0. The number of halogens is 3. The molecule has 0 spiro atoms. The van der Waals surface area contributed by atoms with Gasteiger partial charge in [-0.25, -0.2) is 0 Å². The van der Waals surface area contributed by atoms with Crippen LogP contribution in [0, 0.1) is 23.7 Å². The Morgan fingerprint density at radius 2 is 2.04 bits per heavy atom. The first kappa shape index (κ1) is 17.3. The van der Waals surface area contributed by atoms with Crippen molar-refractivity contribution in [1.82, 2.24) is 0 Å². The van der Waals surface area contributed by atoms with Crippen LogP contribution in [0.3, 0.4) is 0 Å². The van der Waals surface area contributed by atoms with Crippen LogP contribution in [-0.4, -0.2) is 35.3 Å². The Morgan fingerprint density at radius 1 is 1.28 bits per heavy atom. The number of benzene rings is 1. The van der Waals surface area contributed by atoms with Crippen molar-refractivity contribution in [1.29, 1.82) is 0 Å². The van der Waals surface area contributed by atoms with E-state index < -0.39 is 30.2 Å². The molecule has 0 unspecified atom stereocenters. The van der Waals surface area contributed by atoms with Gasteiger partial charge in [-0.05, 0) is 30.5 Å². The number of fused-ring (bicyclic) bond motifs is 1. The van der Waals surface area contributed by atoms with E-state index in [0.29, 0.717) is 5.02 Å². The summed E-state index contributed by atoms with van der Waals surface area (Å²) in [6, 6.07) is 4.49. The second-order valence-corrected chi connectivity index (χ2v) is 8.52. The largest absolute Gasteiger partial charge is 0.461 e. The van der Waals surface area contributed by atoms with E-state index in [4.69, 9.17) is 32.7 Å². The normalized spacial score (nSPS) is 34.9. The summed E-state index contributed by atoms with van der Waals surface area (Å²) >= 11 is 15.3. The zero-order chi connectivity index (χ0) is 17.9. The Hall–Kier alpha value is -1.11. The molecule has 1 heterocycles. The second kappa shape index (κ2) is 6.25. The number of hydrogen-bond donors (Lipinski definition) is 0. The first-order valence-corrected chi connectivity index (χ1v) is 9.55. The lowest BCUT2D eigenvalue weighted by molar-refractivity contribution is -0.154. The highest BCUT2D eigenvalue weighted by atomic mass is 79.9. The molecule has 3 fully saturated rings. The minimum Gasteiger partial charge on any atom is -0.461 e. The highest BCUT2D eigenvalue weighted by Crippen LogP contribution is 2.60. The smallest absolute Gasteiger partial charge is 0.310 e. The van der Waals surface area contributed by atoms with Crippen molar-refractivity contribution in [2.24, 2.45) is 23.7 Å². The van der Waals surface area contributed by atoms with Crippen LogP contribution >= 0.6 is 39.1 Å². The predicted molar refractivity (Wildman–Crippen MR) is 92.9 cm³/mol. The third kappa shape index (κ3) is 2.69. The maximum atomic E-state index is 12.5. The number of esters is 2. The maximum absolute atomic E-state index is 12.5. The molecule has 8 heteroatoms. The van der Waals surface area contributed by atoms with Gasteiger partial charge in [0.1, 0.15) is 6.10 Å². The van der Waals surface area contributed by atoms with Gasteiger partial charge >= 0.3 is 11.9 Å². The zero-order valence-corrected chi connectivity index (χ0v) is 15.9. The summed E-state index contributed by atoms with van der Waals surface area (Å²) in [5.74, 6) is -2.25. The summed E-state index contributed by atoms with van der Waals surface area (Å²) in [6.45, 7) is -0.424. The Balaban J connectivity index is 1.44. The van der Waals surface area contributed by atoms with Gasteiger partial charge in [-0.1, -0.05) is 39.1 Å². The van der Waals surface area contributed by atoms with Crippen molar-refractivity contribution in [2.75, 3.05) is 6.61 Å². The molecule has 3 aliphatic rings. The fraction of sp³-hybridized carbons (Fsp3) is 0.471. The summed E-state index contributed by atoms with van der Waals surface area (Å²) in [4.78, 5) is 36.8. The second-order valence-electron chi connectivity index (χ2n) is 6.62. The third-order valence-electron chi connectivity index (χ3n) is 5.37. The van der Waals surface area contributed by atoms with Crippen LogP contribution in [0.4, 0.5) is 0 Å². The monoisotopic (exact) mass is 446 g/mol. The lowest BCUT2D eigenvalue weighted by atomic mass is 9.80. The van der Waals surface area contributed by atoms with Gasteiger partial charge < -0.3 is 9.47 Å². The van der Waals surface area contributed by atoms with Gasteiger partial charge in [-0.3, -0.25) is 14.4 Å². The number of carbonyl (C=O) groups excluding carboxylic acids is 3. The third-order valence-corrected chi connectivity index (χ3v) is 7.12. The van der Waals surface area contributed by atoms with Crippen LogP contribution < -0.4 is 0 Å². The molecule has 0 amide bonds. The van der Waals surface area contributed by atoms with Gasteiger partial charge in [0.2, 0.25) is 5.78 Å². The zero-order valence-electron chi connectivity index (χ0n) is 12.8. The minimum absolute atomic E-state index is 0.00632. The van der Waals surface area contributed by atoms with E-state index in [2.05, 4.69) is 15.9 Å². The van der Waals surface area contributed by atoms with Crippen molar-refractivity contribution < 1.29 is 23.9 Å². The van der Waals surface area contributed by atoms with Gasteiger partial charge in [0.05, 0.1) is 21.7 Å². The number of rotatable bonds is 4. The summed E-state index contributed by atoms with van der Waals surface area (Å²) in [6.07, 6.45) is 0.606. The lowest BCUT2D eigenvalue weighted by Gasteiger charge is -2.26. The van der Waals surface area contributed by atoms with Gasteiger partial charge in [0.25, 0.3) is 0 Å². The van der Waals surface area contributed by atoms with Crippen molar-refractivity contribution in [3.8, 4) is 0 Å². The van der Waals surface area contributed by atoms with Crippen LogP contribution in [0.2, 0.25) is 10.0 Å². The molecule has 2 aliphatic carbocycles. The van der Waals surface area contributed by atoms with Crippen molar-refractivity contribution in [3.05, 3.63) is 33.8 Å². The summed E-state index contributed by atoms with van der Waals surface area (Å²) in [5, 5.41) is 0.620.